The molecule has 1 aliphatic rings. The molecule has 0 N–H and O–H groups in total. The molecule has 27 heavy (non-hydrogen) atoms. The molecule has 0 radical (unpaired) electrons. The highest BCUT2D eigenvalue weighted by Crippen LogP contribution is 2.26. The Bertz CT molecular complexity index is 993. The molecular weight excluding hydrogens is 380 g/mol. The minimum absolute atomic E-state index is 0.344. The molecule has 0 unspecified atom stereocenters. The third kappa shape index (κ3) is 4.05. The largest absolute Gasteiger partial charge is 0.486 e. The summed E-state index contributed by atoms with van der Waals surface area (Å²) >= 11 is 1.53. The third-order valence-electron chi connectivity index (χ3n) is 4.51. The molecule has 0 saturated carbocycles. The zero-order valence-electron chi connectivity index (χ0n) is 14.7. The molecule has 0 amide bonds. The lowest BCUT2D eigenvalue weighted by Gasteiger charge is -2.15. The van der Waals surface area contributed by atoms with Crippen LogP contribution in [-0.4, -0.2) is 30.8 Å². The Labute approximate surface area is 163 Å². The summed E-state index contributed by atoms with van der Waals surface area (Å²) in [6, 6.07) is 16.6. The fourth-order valence-corrected chi connectivity index (χ4v) is 5.28. The predicted molar refractivity (Wildman–Crippen MR) is 106 cm³/mol. The second kappa shape index (κ2) is 7.80. The third-order valence-corrected chi connectivity index (χ3v) is 7.25. The quantitative estimate of drug-likeness (QED) is 0.623. The van der Waals surface area contributed by atoms with E-state index in [1.54, 1.807) is 16.4 Å². The number of nitrogens with zero attached hydrogens (tertiary/aromatic N) is 2. The van der Waals surface area contributed by atoms with E-state index in [1.165, 1.54) is 11.3 Å². The first kappa shape index (κ1) is 18.2. The van der Waals surface area contributed by atoms with Crippen molar-refractivity contribution in [2.24, 2.45) is 0 Å². The van der Waals surface area contributed by atoms with Gasteiger partial charge in [0.1, 0.15) is 17.4 Å². The van der Waals surface area contributed by atoms with Gasteiger partial charge in [0, 0.05) is 24.0 Å². The summed E-state index contributed by atoms with van der Waals surface area (Å²) < 4.78 is 32.5. The van der Waals surface area contributed by atoms with Crippen molar-refractivity contribution in [1.82, 2.24) is 9.29 Å². The second-order valence-electron chi connectivity index (χ2n) is 6.36. The molecule has 7 heteroatoms. The summed E-state index contributed by atoms with van der Waals surface area (Å²) in [6.07, 6.45) is 1.87. The molecule has 5 nitrogen and oxygen atoms in total. The first-order valence-corrected chi connectivity index (χ1v) is 11.2. The Morgan fingerprint density at radius 2 is 1.70 bits per heavy atom. The van der Waals surface area contributed by atoms with Gasteiger partial charge in [0.05, 0.1) is 10.6 Å². The molecule has 0 aliphatic carbocycles. The summed E-state index contributed by atoms with van der Waals surface area (Å²) in [5, 5.41) is 2.84. The predicted octanol–water partition coefficient (Wildman–Crippen LogP) is 4.17. The number of thiazole rings is 1. The summed E-state index contributed by atoms with van der Waals surface area (Å²) in [6.45, 7) is 1.64. The molecule has 1 fully saturated rings. The molecule has 2 heterocycles. The monoisotopic (exact) mass is 400 g/mol. The van der Waals surface area contributed by atoms with E-state index in [-0.39, 0.29) is 0 Å². The van der Waals surface area contributed by atoms with E-state index in [1.807, 2.05) is 47.8 Å². The van der Waals surface area contributed by atoms with Crippen molar-refractivity contribution in [2.75, 3.05) is 13.1 Å². The number of aromatic nitrogens is 1. The SMILES string of the molecule is O=S(=O)(c1ccc(-c2csc(COc3ccccc3)n2)cc1)N1CCCC1. The van der Waals surface area contributed by atoms with Crippen LogP contribution in [0.3, 0.4) is 0 Å². The molecule has 0 atom stereocenters. The van der Waals surface area contributed by atoms with Crippen LogP contribution in [0.4, 0.5) is 0 Å². The highest BCUT2D eigenvalue weighted by atomic mass is 32.2. The van der Waals surface area contributed by atoms with Gasteiger partial charge in [-0.15, -0.1) is 11.3 Å². The minimum atomic E-state index is -3.38. The summed E-state index contributed by atoms with van der Waals surface area (Å²) in [5.41, 5.74) is 1.73. The zero-order chi connectivity index (χ0) is 18.7. The molecule has 4 rings (SSSR count). The van der Waals surface area contributed by atoms with Crippen LogP contribution in [0.25, 0.3) is 11.3 Å². The van der Waals surface area contributed by atoms with E-state index >= 15 is 0 Å². The van der Waals surface area contributed by atoms with Gasteiger partial charge in [-0.2, -0.15) is 4.31 Å². The molecular formula is C20H20N2O3S2. The number of ether oxygens (including phenoxy) is 1. The number of para-hydroxylation sites is 1. The van der Waals surface area contributed by atoms with Crippen molar-refractivity contribution in [2.45, 2.75) is 24.3 Å². The molecule has 140 valence electrons. The van der Waals surface area contributed by atoms with Gasteiger partial charge in [-0.05, 0) is 37.1 Å². The van der Waals surface area contributed by atoms with Crippen LogP contribution in [0, 0.1) is 0 Å². The van der Waals surface area contributed by atoms with E-state index in [4.69, 9.17) is 4.74 Å². The molecule has 1 aromatic heterocycles. The number of sulfonamides is 1. The van der Waals surface area contributed by atoms with Gasteiger partial charge in [-0.1, -0.05) is 30.3 Å². The van der Waals surface area contributed by atoms with Crippen molar-refractivity contribution in [3.05, 3.63) is 65.0 Å². The Morgan fingerprint density at radius 1 is 1.00 bits per heavy atom. The van der Waals surface area contributed by atoms with Gasteiger partial charge in [-0.25, -0.2) is 13.4 Å². The van der Waals surface area contributed by atoms with E-state index in [2.05, 4.69) is 4.98 Å². The normalized spacial score (nSPS) is 15.1. The van der Waals surface area contributed by atoms with Crippen LogP contribution in [0.5, 0.6) is 5.75 Å². The summed E-state index contributed by atoms with van der Waals surface area (Å²) in [5.74, 6) is 0.811. The van der Waals surface area contributed by atoms with Crippen LogP contribution < -0.4 is 4.74 Å². The van der Waals surface area contributed by atoms with Crippen LogP contribution in [0.1, 0.15) is 17.8 Å². The van der Waals surface area contributed by atoms with Gasteiger partial charge in [0.2, 0.25) is 10.0 Å². The fraction of sp³-hybridized carbons (Fsp3) is 0.250. The summed E-state index contributed by atoms with van der Waals surface area (Å²) in [4.78, 5) is 4.94. The first-order chi connectivity index (χ1) is 13.1. The number of rotatable bonds is 6. The molecule has 0 bridgehead atoms. The molecule has 1 saturated heterocycles. The lowest BCUT2D eigenvalue weighted by molar-refractivity contribution is 0.305. The standard InChI is InChI=1S/C20H20N2O3S2/c23-27(24,22-12-4-5-13-22)18-10-8-16(9-11-18)19-15-26-20(21-19)14-25-17-6-2-1-3-7-17/h1-3,6-11,15H,4-5,12-14H2. The lowest BCUT2D eigenvalue weighted by Crippen LogP contribution is -2.27. The van der Waals surface area contributed by atoms with Gasteiger partial charge in [-0.3, -0.25) is 0 Å². The van der Waals surface area contributed by atoms with Crippen LogP contribution in [-0.2, 0) is 16.6 Å². The molecule has 1 aliphatic heterocycles. The maximum atomic E-state index is 12.6. The Kier molecular flexibility index (Phi) is 5.24. The van der Waals surface area contributed by atoms with Gasteiger partial charge >= 0.3 is 0 Å². The van der Waals surface area contributed by atoms with Crippen LogP contribution in [0.15, 0.2) is 64.9 Å². The lowest BCUT2D eigenvalue weighted by atomic mass is 10.2. The molecule has 0 spiro atoms. The van der Waals surface area contributed by atoms with Gasteiger partial charge in [0.15, 0.2) is 0 Å². The maximum Gasteiger partial charge on any atom is 0.243 e. The van der Waals surface area contributed by atoms with E-state index in [0.717, 1.165) is 34.9 Å². The Hall–Kier alpha value is -2.22. The molecule has 2 aromatic carbocycles. The minimum Gasteiger partial charge on any atom is -0.486 e. The van der Waals surface area contributed by atoms with Crippen LogP contribution in [0.2, 0.25) is 0 Å². The van der Waals surface area contributed by atoms with Crippen molar-refractivity contribution in [3.63, 3.8) is 0 Å². The van der Waals surface area contributed by atoms with Crippen molar-refractivity contribution >= 4 is 21.4 Å². The highest BCUT2D eigenvalue weighted by Gasteiger charge is 2.26. The average molecular weight is 401 g/mol. The van der Waals surface area contributed by atoms with E-state index in [0.29, 0.717) is 24.6 Å². The smallest absolute Gasteiger partial charge is 0.243 e. The number of hydrogen-bond donors (Lipinski definition) is 0. The fourth-order valence-electron chi connectivity index (χ4n) is 3.05. The van der Waals surface area contributed by atoms with Crippen molar-refractivity contribution in [1.29, 1.82) is 0 Å². The number of hydrogen-bond acceptors (Lipinski definition) is 5. The highest BCUT2D eigenvalue weighted by molar-refractivity contribution is 7.89. The average Bonchev–Trinajstić information content (AvgIpc) is 3.40. The zero-order valence-corrected chi connectivity index (χ0v) is 16.4. The van der Waals surface area contributed by atoms with Crippen molar-refractivity contribution < 1.29 is 13.2 Å². The summed E-state index contributed by atoms with van der Waals surface area (Å²) in [7, 11) is -3.38. The van der Waals surface area contributed by atoms with E-state index in [9.17, 15) is 8.42 Å². The van der Waals surface area contributed by atoms with Gasteiger partial charge < -0.3 is 4.74 Å². The Morgan fingerprint density at radius 3 is 2.41 bits per heavy atom. The van der Waals surface area contributed by atoms with Crippen molar-refractivity contribution in [3.8, 4) is 17.0 Å². The second-order valence-corrected chi connectivity index (χ2v) is 9.24. The molecule has 3 aromatic rings. The van der Waals surface area contributed by atoms with E-state index < -0.39 is 10.0 Å². The topological polar surface area (TPSA) is 59.5 Å². The Balaban J connectivity index is 1.45. The van der Waals surface area contributed by atoms with Crippen LogP contribution >= 0.6 is 11.3 Å². The maximum absolute atomic E-state index is 12.6. The number of benzene rings is 2. The van der Waals surface area contributed by atoms with Gasteiger partial charge in [0.25, 0.3) is 0 Å². The first-order valence-electron chi connectivity index (χ1n) is 8.86.